The molecular weight excluding hydrogens is 412 g/mol. The number of nitrogens with one attached hydrogen (secondary N) is 3. The Kier molecular flexibility index (Phi) is 5.82. The van der Waals surface area contributed by atoms with Crippen molar-refractivity contribution >= 4 is 51.4 Å². The van der Waals surface area contributed by atoms with Crippen LogP contribution in [0.5, 0.6) is 0 Å². The number of benzene rings is 2. The molecule has 6 nitrogen and oxygen atoms in total. The Morgan fingerprint density at radius 3 is 2.61 bits per heavy atom. The molecule has 2 aromatic heterocycles. The number of carbonyl (C=O) groups excluding carboxylic acids is 2. The first-order valence-corrected chi connectivity index (χ1v) is 9.96. The van der Waals surface area contributed by atoms with Crippen molar-refractivity contribution in [3.63, 3.8) is 0 Å². The summed E-state index contributed by atoms with van der Waals surface area (Å²) in [6.07, 6.45) is 4.86. The van der Waals surface area contributed by atoms with E-state index in [4.69, 9.17) is 11.6 Å². The average molecular weight is 431 g/mol. The lowest BCUT2D eigenvalue weighted by Gasteiger charge is -2.10. The topological polar surface area (TPSA) is 86.9 Å². The summed E-state index contributed by atoms with van der Waals surface area (Å²) in [5.74, 6) is -0.689. The summed E-state index contributed by atoms with van der Waals surface area (Å²) >= 11 is 6.23. The van der Waals surface area contributed by atoms with E-state index in [2.05, 4.69) is 20.6 Å². The van der Waals surface area contributed by atoms with Gasteiger partial charge in [0.15, 0.2) is 0 Å². The van der Waals surface area contributed by atoms with Crippen LogP contribution in [-0.2, 0) is 4.79 Å². The van der Waals surface area contributed by atoms with Crippen LogP contribution in [-0.4, -0.2) is 21.8 Å². The number of H-pyrrole nitrogens is 1. The summed E-state index contributed by atoms with van der Waals surface area (Å²) in [6, 6.07) is 18.1. The van der Waals surface area contributed by atoms with E-state index >= 15 is 0 Å². The van der Waals surface area contributed by atoms with Crippen LogP contribution in [0.3, 0.4) is 0 Å². The second-order valence-electron chi connectivity index (χ2n) is 6.97. The number of allylic oxidation sites excluding steroid dienone is 1. The zero-order valence-electron chi connectivity index (χ0n) is 16.6. The number of aromatic amines is 1. The molecule has 2 heterocycles. The van der Waals surface area contributed by atoms with E-state index in [1.165, 1.54) is 6.08 Å². The molecular formula is C24H19ClN4O2. The van der Waals surface area contributed by atoms with Crippen molar-refractivity contribution in [3.8, 4) is 0 Å². The van der Waals surface area contributed by atoms with Crippen LogP contribution < -0.4 is 10.6 Å². The standard InChI is InChI=1S/C24H19ClN4O2/c1-15(16-5-3-2-4-6-16)11-22(30)28-18-7-8-21(25)20(13-18)24(31)29-19-12-17-9-10-26-23(17)27-14-19/h2-14H,1H3,(H,26,27)(H,28,30)(H,29,31)/b15-11-. The Labute approximate surface area is 184 Å². The van der Waals surface area contributed by atoms with Crippen molar-refractivity contribution in [2.45, 2.75) is 6.92 Å². The lowest BCUT2D eigenvalue weighted by Crippen LogP contribution is -2.14. The van der Waals surface area contributed by atoms with Crippen LogP contribution in [0.25, 0.3) is 16.6 Å². The lowest BCUT2D eigenvalue weighted by atomic mass is 10.1. The van der Waals surface area contributed by atoms with E-state index in [0.717, 1.165) is 22.2 Å². The third-order valence-electron chi connectivity index (χ3n) is 4.71. The highest BCUT2D eigenvalue weighted by atomic mass is 35.5. The zero-order chi connectivity index (χ0) is 21.8. The maximum atomic E-state index is 12.8. The number of halogens is 1. The minimum absolute atomic E-state index is 0.248. The van der Waals surface area contributed by atoms with Gasteiger partial charge in [0.05, 0.1) is 22.5 Å². The Morgan fingerprint density at radius 1 is 1.00 bits per heavy atom. The molecule has 4 aromatic rings. The molecule has 0 saturated heterocycles. The van der Waals surface area contributed by atoms with Crippen LogP contribution in [0.2, 0.25) is 5.02 Å². The zero-order valence-corrected chi connectivity index (χ0v) is 17.4. The number of hydrogen-bond acceptors (Lipinski definition) is 3. The quantitative estimate of drug-likeness (QED) is 0.365. The van der Waals surface area contributed by atoms with Gasteiger partial charge in [0.1, 0.15) is 5.65 Å². The van der Waals surface area contributed by atoms with Crippen LogP contribution in [0.1, 0.15) is 22.8 Å². The monoisotopic (exact) mass is 430 g/mol. The van der Waals surface area contributed by atoms with E-state index in [9.17, 15) is 9.59 Å². The van der Waals surface area contributed by atoms with E-state index in [-0.39, 0.29) is 16.5 Å². The Balaban J connectivity index is 1.49. The maximum absolute atomic E-state index is 12.8. The van der Waals surface area contributed by atoms with Gasteiger partial charge in [-0.2, -0.15) is 0 Å². The molecule has 4 rings (SSSR count). The molecule has 0 radical (unpaired) electrons. The number of hydrogen-bond donors (Lipinski definition) is 3. The molecule has 2 amide bonds. The molecule has 154 valence electrons. The second-order valence-corrected chi connectivity index (χ2v) is 7.38. The van der Waals surface area contributed by atoms with E-state index in [0.29, 0.717) is 11.4 Å². The minimum Gasteiger partial charge on any atom is -0.346 e. The molecule has 7 heteroatoms. The summed E-state index contributed by atoms with van der Waals surface area (Å²) in [4.78, 5) is 32.4. The molecule has 0 spiro atoms. The highest BCUT2D eigenvalue weighted by Gasteiger charge is 2.13. The Morgan fingerprint density at radius 2 is 1.81 bits per heavy atom. The molecule has 0 aliphatic heterocycles. The van der Waals surface area contributed by atoms with Gasteiger partial charge in [-0.1, -0.05) is 41.9 Å². The van der Waals surface area contributed by atoms with Crippen molar-refractivity contribution in [1.82, 2.24) is 9.97 Å². The molecule has 0 atom stereocenters. The fourth-order valence-electron chi connectivity index (χ4n) is 3.14. The number of amides is 2. The van der Waals surface area contributed by atoms with Gasteiger partial charge in [-0.3, -0.25) is 9.59 Å². The molecule has 0 fully saturated rings. The first-order chi connectivity index (χ1) is 15.0. The lowest BCUT2D eigenvalue weighted by molar-refractivity contribution is -0.111. The van der Waals surface area contributed by atoms with Gasteiger partial charge in [0.2, 0.25) is 5.91 Å². The van der Waals surface area contributed by atoms with Crippen LogP contribution in [0, 0.1) is 0 Å². The van der Waals surface area contributed by atoms with Gasteiger partial charge in [0, 0.05) is 23.3 Å². The van der Waals surface area contributed by atoms with Gasteiger partial charge in [-0.05, 0) is 48.4 Å². The first kappa shape index (κ1) is 20.4. The number of carbonyl (C=O) groups is 2. The number of nitrogens with zero attached hydrogens (tertiary/aromatic N) is 1. The molecule has 3 N–H and O–H groups in total. The summed E-state index contributed by atoms with van der Waals surface area (Å²) in [7, 11) is 0. The summed E-state index contributed by atoms with van der Waals surface area (Å²) in [6.45, 7) is 1.87. The fraction of sp³-hybridized carbons (Fsp3) is 0.0417. The first-order valence-electron chi connectivity index (χ1n) is 9.58. The molecule has 0 unspecified atom stereocenters. The van der Waals surface area contributed by atoms with Gasteiger partial charge in [-0.15, -0.1) is 0 Å². The van der Waals surface area contributed by atoms with Gasteiger partial charge in [-0.25, -0.2) is 4.98 Å². The Hall–Kier alpha value is -3.90. The van der Waals surface area contributed by atoms with E-state index in [1.54, 1.807) is 30.6 Å². The summed E-state index contributed by atoms with van der Waals surface area (Å²) in [5, 5.41) is 6.73. The molecule has 0 saturated carbocycles. The van der Waals surface area contributed by atoms with Crippen LogP contribution in [0.15, 0.2) is 79.1 Å². The van der Waals surface area contributed by atoms with Crippen molar-refractivity contribution < 1.29 is 9.59 Å². The number of fused-ring (bicyclic) bond motifs is 1. The molecule has 0 bridgehead atoms. The van der Waals surface area contributed by atoms with E-state index in [1.807, 2.05) is 49.4 Å². The number of pyridine rings is 1. The molecule has 0 aliphatic carbocycles. The van der Waals surface area contributed by atoms with Crippen LogP contribution in [0.4, 0.5) is 11.4 Å². The average Bonchev–Trinajstić information content (AvgIpc) is 3.23. The van der Waals surface area contributed by atoms with Crippen molar-refractivity contribution in [3.05, 3.63) is 95.3 Å². The third-order valence-corrected chi connectivity index (χ3v) is 5.04. The van der Waals surface area contributed by atoms with Crippen molar-refractivity contribution in [1.29, 1.82) is 0 Å². The number of anilines is 2. The maximum Gasteiger partial charge on any atom is 0.257 e. The highest BCUT2D eigenvalue weighted by Crippen LogP contribution is 2.23. The predicted octanol–water partition coefficient (Wildman–Crippen LogP) is 5.51. The van der Waals surface area contributed by atoms with E-state index < -0.39 is 5.91 Å². The smallest absolute Gasteiger partial charge is 0.257 e. The third kappa shape index (κ3) is 4.82. The number of aromatic nitrogens is 2. The normalized spacial score (nSPS) is 11.4. The number of rotatable bonds is 5. The fourth-order valence-corrected chi connectivity index (χ4v) is 3.35. The van der Waals surface area contributed by atoms with Gasteiger partial charge < -0.3 is 15.6 Å². The molecule has 0 aliphatic rings. The molecule has 31 heavy (non-hydrogen) atoms. The van der Waals surface area contributed by atoms with Gasteiger partial charge in [0.25, 0.3) is 5.91 Å². The summed E-state index contributed by atoms with van der Waals surface area (Å²) in [5.41, 5.74) is 3.79. The van der Waals surface area contributed by atoms with Crippen molar-refractivity contribution in [2.75, 3.05) is 10.6 Å². The SMILES string of the molecule is C/C(=C/C(=O)Nc1ccc(Cl)c(C(=O)Nc2cnc3[nH]ccc3c2)c1)c1ccccc1. The second kappa shape index (κ2) is 8.85. The van der Waals surface area contributed by atoms with Crippen LogP contribution >= 0.6 is 11.6 Å². The summed E-state index contributed by atoms with van der Waals surface area (Å²) < 4.78 is 0. The van der Waals surface area contributed by atoms with Gasteiger partial charge >= 0.3 is 0 Å². The highest BCUT2D eigenvalue weighted by molar-refractivity contribution is 6.34. The minimum atomic E-state index is -0.395. The predicted molar refractivity (Wildman–Crippen MR) is 124 cm³/mol. The largest absolute Gasteiger partial charge is 0.346 e. The molecule has 2 aromatic carbocycles. The van der Waals surface area contributed by atoms with Crippen molar-refractivity contribution in [2.24, 2.45) is 0 Å². The Bertz CT molecular complexity index is 1300.